The highest BCUT2D eigenvalue weighted by atomic mass is 16.5. The first-order valence-corrected chi connectivity index (χ1v) is 6.28. The molecule has 2 N–H and O–H groups in total. The highest BCUT2D eigenvalue weighted by Crippen LogP contribution is 2.26. The van der Waals surface area contributed by atoms with Crippen LogP contribution in [0.15, 0.2) is 18.2 Å². The summed E-state index contributed by atoms with van der Waals surface area (Å²) in [5.41, 5.74) is 5.96. The lowest BCUT2D eigenvalue weighted by Gasteiger charge is -2.32. The highest BCUT2D eigenvalue weighted by molar-refractivity contribution is 6.03. The van der Waals surface area contributed by atoms with Gasteiger partial charge in [0.05, 0.1) is 25.3 Å². The number of benzene rings is 1. The van der Waals surface area contributed by atoms with E-state index in [0.29, 0.717) is 5.75 Å². The maximum absolute atomic E-state index is 11.7. The molecule has 1 aliphatic carbocycles. The molecule has 0 saturated heterocycles. The zero-order chi connectivity index (χ0) is 14.7. The van der Waals surface area contributed by atoms with Crippen molar-refractivity contribution >= 4 is 11.9 Å². The number of hydrogen-bond acceptors (Lipinski definition) is 6. The SMILES string of the molecule is COC(=O)c1ccc(O[C@H]2C[C@H](N)C2)cc1C(=O)OC. The van der Waals surface area contributed by atoms with Gasteiger partial charge in [0.1, 0.15) is 11.9 Å². The van der Waals surface area contributed by atoms with Crippen LogP contribution in [0.4, 0.5) is 0 Å². The van der Waals surface area contributed by atoms with E-state index in [1.165, 1.54) is 26.4 Å². The molecular weight excluding hydrogens is 262 g/mol. The molecule has 0 radical (unpaired) electrons. The van der Waals surface area contributed by atoms with Gasteiger partial charge < -0.3 is 19.9 Å². The monoisotopic (exact) mass is 279 g/mol. The van der Waals surface area contributed by atoms with E-state index in [1.54, 1.807) is 6.07 Å². The van der Waals surface area contributed by atoms with Gasteiger partial charge in [-0.3, -0.25) is 0 Å². The van der Waals surface area contributed by atoms with Crippen LogP contribution >= 0.6 is 0 Å². The number of ether oxygens (including phenoxy) is 3. The van der Waals surface area contributed by atoms with Crippen LogP contribution < -0.4 is 10.5 Å². The van der Waals surface area contributed by atoms with Gasteiger partial charge in [0, 0.05) is 6.04 Å². The number of methoxy groups -OCH3 is 2. The third-order valence-corrected chi connectivity index (χ3v) is 3.24. The van der Waals surface area contributed by atoms with Crippen molar-refractivity contribution < 1.29 is 23.8 Å². The van der Waals surface area contributed by atoms with E-state index in [1.807, 2.05) is 0 Å². The molecule has 0 amide bonds. The lowest BCUT2D eigenvalue weighted by Crippen LogP contribution is -2.43. The highest BCUT2D eigenvalue weighted by Gasteiger charge is 2.28. The summed E-state index contributed by atoms with van der Waals surface area (Å²) in [5, 5.41) is 0. The third-order valence-electron chi connectivity index (χ3n) is 3.24. The molecular formula is C14H17NO5. The Labute approximate surface area is 116 Å². The molecule has 1 aliphatic rings. The Morgan fingerprint density at radius 1 is 1.10 bits per heavy atom. The molecule has 0 unspecified atom stereocenters. The Balaban J connectivity index is 2.23. The molecule has 0 heterocycles. The normalized spacial score (nSPS) is 20.8. The summed E-state index contributed by atoms with van der Waals surface area (Å²) < 4.78 is 15.0. The van der Waals surface area contributed by atoms with E-state index in [9.17, 15) is 9.59 Å². The van der Waals surface area contributed by atoms with Gasteiger partial charge in [0.15, 0.2) is 0 Å². The Bertz CT molecular complexity index is 522. The predicted octanol–water partition coefficient (Wildman–Crippen LogP) is 1.13. The second-order valence-corrected chi connectivity index (χ2v) is 4.66. The van der Waals surface area contributed by atoms with Crippen LogP contribution in [0.1, 0.15) is 33.6 Å². The largest absolute Gasteiger partial charge is 0.490 e. The van der Waals surface area contributed by atoms with E-state index < -0.39 is 11.9 Å². The first-order valence-electron chi connectivity index (χ1n) is 6.28. The van der Waals surface area contributed by atoms with Gasteiger partial charge in [0.25, 0.3) is 0 Å². The third kappa shape index (κ3) is 2.91. The zero-order valence-electron chi connectivity index (χ0n) is 11.4. The summed E-state index contributed by atoms with van der Waals surface area (Å²) in [6, 6.07) is 4.78. The van der Waals surface area contributed by atoms with Gasteiger partial charge in [-0.1, -0.05) is 0 Å². The van der Waals surface area contributed by atoms with Crippen LogP contribution in [-0.2, 0) is 9.47 Å². The molecule has 20 heavy (non-hydrogen) atoms. The van der Waals surface area contributed by atoms with Crippen molar-refractivity contribution in [2.75, 3.05) is 14.2 Å². The van der Waals surface area contributed by atoms with Crippen molar-refractivity contribution in [1.82, 2.24) is 0 Å². The molecule has 1 saturated carbocycles. The van der Waals surface area contributed by atoms with Crippen LogP contribution in [0, 0.1) is 0 Å². The van der Waals surface area contributed by atoms with Crippen molar-refractivity contribution in [3.05, 3.63) is 29.3 Å². The summed E-state index contributed by atoms with van der Waals surface area (Å²) >= 11 is 0. The number of rotatable bonds is 4. The molecule has 1 aromatic carbocycles. The summed E-state index contributed by atoms with van der Waals surface area (Å²) in [6.07, 6.45) is 1.62. The molecule has 0 spiro atoms. The number of carbonyl (C=O) groups is 2. The van der Waals surface area contributed by atoms with E-state index in [0.717, 1.165) is 12.8 Å². The van der Waals surface area contributed by atoms with Crippen molar-refractivity contribution in [3.8, 4) is 5.75 Å². The minimum atomic E-state index is -0.610. The van der Waals surface area contributed by atoms with Crippen LogP contribution in [0.25, 0.3) is 0 Å². The standard InChI is InChI=1S/C14H17NO5/c1-18-13(16)11-4-3-9(7-12(11)14(17)19-2)20-10-5-8(15)6-10/h3-4,7-8,10H,5-6,15H2,1-2H3/t8-,10-. The zero-order valence-corrected chi connectivity index (χ0v) is 11.4. The molecule has 1 aromatic rings. The average Bonchev–Trinajstić information content (AvgIpc) is 2.43. The Hall–Kier alpha value is -2.08. The van der Waals surface area contributed by atoms with Crippen LogP contribution in [0.5, 0.6) is 5.75 Å². The number of hydrogen-bond donors (Lipinski definition) is 1. The summed E-state index contributed by atoms with van der Waals surface area (Å²) in [6.45, 7) is 0. The fraction of sp³-hybridized carbons (Fsp3) is 0.429. The molecule has 0 bridgehead atoms. The maximum Gasteiger partial charge on any atom is 0.338 e. The number of nitrogens with two attached hydrogens (primary N) is 1. The smallest absolute Gasteiger partial charge is 0.338 e. The molecule has 0 atom stereocenters. The van der Waals surface area contributed by atoms with Crippen molar-refractivity contribution in [1.29, 1.82) is 0 Å². The first kappa shape index (κ1) is 14.3. The lowest BCUT2D eigenvalue weighted by atomic mass is 9.90. The van der Waals surface area contributed by atoms with Gasteiger partial charge in [-0.15, -0.1) is 0 Å². The molecule has 108 valence electrons. The maximum atomic E-state index is 11.7. The molecule has 0 aliphatic heterocycles. The van der Waals surface area contributed by atoms with Gasteiger partial charge in [0.2, 0.25) is 0 Å². The summed E-state index contributed by atoms with van der Waals surface area (Å²) in [4.78, 5) is 23.3. The molecule has 0 aromatic heterocycles. The average molecular weight is 279 g/mol. The number of esters is 2. The second-order valence-electron chi connectivity index (χ2n) is 4.66. The van der Waals surface area contributed by atoms with E-state index >= 15 is 0 Å². The fourth-order valence-electron chi connectivity index (χ4n) is 2.06. The van der Waals surface area contributed by atoms with Gasteiger partial charge in [-0.25, -0.2) is 9.59 Å². The van der Waals surface area contributed by atoms with Gasteiger partial charge in [-0.05, 0) is 31.0 Å². The number of carbonyl (C=O) groups excluding carboxylic acids is 2. The van der Waals surface area contributed by atoms with Crippen molar-refractivity contribution in [2.45, 2.75) is 25.0 Å². The molecule has 6 heteroatoms. The Kier molecular flexibility index (Phi) is 4.24. The summed E-state index contributed by atoms with van der Waals surface area (Å²) in [7, 11) is 2.51. The van der Waals surface area contributed by atoms with Gasteiger partial charge in [-0.2, -0.15) is 0 Å². The fourth-order valence-corrected chi connectivity index (χ4v) is 2.06. The molecule has 1 fully saturated rings. The predicted molar refractivity (Wildman–Crippen MR) is 70.7 cm³/mol. The van der Waals surface area contributed by atoms with E-state index in [-0.39, 0.29) is 23.3 Å². The summed E-state index contributed by atoms with van der Waals surface area (Å²) in [5.74, 6) is -0.696. The first-order chi connectivity index (χ1) is 9.55. The quantitative estimate of drug-likeness (QED) is 0.831. The van der Waals surface area contributed by atoms with Gasteiger partial charge >= 0.3 is 11.9 Å². The Morgan fingerprint density at radius 3 is 2.25 bits per heavy atom. The minimum absolute atomic E-state index is 0.0551. The lowest BCUT2D eigenvalue weighted by molar-refractivity contribution is 0.0553. The van der Waals surface area contributed by atoms with E-state index in [4.69, 9.17) is 10.5 Å². The van der Waals surface area contributed by atoms with Crippen LogP contribution in [-0.4, -0.2) is 38.3 Å². The van der Waals surface area contributed by atoms with Crippen molar-refractivity contribution in [3.63, 3.8) is 0 Å². The van der Waals surface area contributed by atoms with Crippen LogP contribution in [0.3, 0.4) is 0 Å². The Morgan fingerprint density at radius 2 is 1.70 bits per heavy atom. The van der Waals surface area contributed by atoms with Crippen LogP contribution in [0.2, 0.25) is 0 Å². The van der Waals surface area contributed by atoms with E-state index in [2.05, 4.69) is 9.47 Å². The minimum Gasteiger partial charge on any atom is -0.490 e. The molecule has 2 rings (SSSR count). The van der Waals surface area contributed by atoms with Crippen molar-refractivity contribution in [2.24, 2.45) is 5.73 Å². The topological polar surface area (TPSA) is 87.9 Å². The molecule has 6 nitrogen and oxygen atoms in total. The second kappa shape index (κ2) is 5.92.